The zero-order valence-corrected chi connectivity index (χ0v) is 11.0. The number of nitrogens with zero attached hydrogens (tertiary/aromatic N) is 4. The van der Waals surface area contributed by atoms with E-state index < -0.39 is 0 Å². The highest BCUT2D eigenvalue weighted by Crippen LogP contribution is 2.07. The van der Waals surface area contributed by atoms with Crippen molar-refractivity contribution in [3.63, 3.8) is 0 Å². The molecule has 0 atom stereocenters. The first-order valence-electron chi connectivity index (χ1n) is 4.57. The Balaban J connectivity index is 0.00000144. The molecule has 0 aliphatic rings. The van der Waals surface area contributed by atoms with Crippen LogP contribution in [0.5, 0.6) is 0 Å². The fraction of sp³-hybridized carbons (Fsp3) is 0.250. The molecule has 7 nitrogen and oxygen atoms in total. The van der Waals surface area contributed by atoms with Crippen LogP contribution in [0.15, 0.2) is 16.9 Å². The van der Waals surface area contributed by atoms with Gasteiger partial charge in [0.15, 0.2) is 0 Å². The zero-order chi connectivity index (χ0) is 11.5. The molecule has 3 N–H and O–H groups in total. The number of aromatic nitrogens is 4. The quantitative estimate of drug-likeness (QED) is 0.829. The highest BCUT2D eigenvalue weighted by atomic mass is 79.9. The number of nitrogens with one attached hydrogen (secondary N) is 1. The minimum absolute atomic E-state index is 0. The molecular weight excluding hydrogens is 311 g/mol. The summed E-state index contributed by atoms with van der Waals surface area (Å²) >= 11 is 3.25. The molecule has 2 aromatic heterocycles. The van der Waals surface area contributed by atoms with Gasteiger partial charge in [-0.2, -0.15) is 4.98 Å². The van der Waals surface area contributed by atoms with Crippen molar-refractivity contribution < 1.29 is 4.79 Å². The van der Waals surface area contributed by atoms with Gasteiger partial charge in [0, 0.05) is 25.5 Å². The van der Waals surface area contributed by atoms with Crippen molar-refractivity contribution in [1.82, 2.24) is 24.9 Å². The van der Waals surface area contributed by atoms with Gasteiger partial charge in [0.2, 0.25) is 5.82 Å². The van der Waals surface area contributed by atoms with E-state index in [0.29, 0.717) is 18.9 Å². The van der Waals surface area contributed by atoms with Crippen LogP contribution in [0.2, 0.25) is 0 Å². The molecule has 0 bridgehead atoms. The molecule has 9 heteroatoms. The lowest BCUT2D eigenvalue weighted by molar-refractivity contribution is 0.0944. The van der Waals surface area contributed by atoms with Crippen LogP contribution in [0, 0.1) is 0 Å². The van der Waals surface area contributed by atoms with Crippen molar-refractivity contribution >= 4 is 40.0 Å². The minimum Gasteiger partial charge on any atom is -0.348 e. The Morgan fingerprint density at radius 3 is 3.06 bits per heavy atom. The Morgan fingerprint density at radius 1 is 1.59 bits per heavy atom. The maximum absolute atomic E-state index is 11.5. The lowest BCUT2D eigenvalue weighted by Crippen LogP contribution is -2.29. The second-order valence-electron chi connectivity index (χ2n) is 3.00. The molecular formula is C8H10BrClN6O. The number of nitrogens with two attached hydrogens (primary N) is 1. The molecule has 0 saturated carbocycles. The summed E-state index contributed by atoms with van der Waals surface area (Å²) in [5.74, 6) is 0.104. The van der Waals surface area contributed by atoms with Crippen LogP contribution < -0.4 is 11.1 Å². The van der Waals surface area contributed by atoms with E-state index in [1.165, 1.54) is 4.52 Å². The molecule has 0 saturated heterocycles. The molecule has 0 unspecified atom stereocenters. The predicted molar refractivity (Wildman–Crippen MR) is 67.1 cm³/mol. The third-order valence-corrected chi connectivity index (χ3v) is 2.20. The Hall–Kier alpha value is -1.25. The van der Waals surface area contributed by atoms with E-state index in [2.05, 4.69) is 36.3 Å². The van der Waals surface area contributed by atoms with Crippen molar-refractivity contribution in [2.45, 2.75) is 0 Å². The SMILES string of the molecule is Cl.NCCNC(=O)c1nc2ncc(Br)cn2n1. The van der Waals surface area contributed by atoms with Gasteiger partial charge < -0.3 is 11.1 Å². The van der Waals surface area contributed by atoms with Crippen LogP contribution in [0.25, 0.3) is 5.78 Å². The Morgan fingerprint density at radius 2 is 2.35 bits per heavy atom. The maximum atomic E-state index is 11.5. The molecule has 0 fully saturated rings. The second kappa shape index (κ2) is 5.89. The van der Waals surface area contributed by atoms with Gasteiger partial charge in [0.25, 0.3) is 11.7 Å². The van der Waals surface area contributed by atoms with Crippen molar-refractivity contribution in [1.29, 1.82) is 0 Å². The number of fused-ring (bicyclic) bond motifs is 1. The Bertz CT molecular complexity index is 530. The van der Waals surface area contributed by atoms with Crippen molar-refractivity contribution in [2.75, 3.05) is 13.1 Å². The van der Waals surface area contributed by atoms with Gasteiger partial charge in [-0.15, -0.1) is 17.5 Å². The standard InChI is InChI=1S/C8H9BrN6O.ClH/c9-5-3-12-8-13-6(14-15(8)4-5)7(16)11-2-1-10;/h3-4H,1-2,10H2,(H,11,16);1H. The van der Waals surface area contributed by atoms with E-state index in [-0.39, 0.29) is 24.1 Å². The first-order chi connectivity index (χ1) is 7.70. The topological polar surface area (TPSA) is 98.2 Å². The third-order valence-electron chi connectivity index (χ3n) is 1.80. The maximum Gasteiger partial charge on any atom is 0.291 e. The number of carbonyl (C=O) groups is 1. The first-order valence-corrected chi connectivity index (χ1v) is 5.36. The summed E-state index contributed by atoms with van der Waals surface area (Å²) in [7, 11) is 0. The Kier molecular flexibility index (Phi) is 4.79. The third kappa shape index (κ3) is 3.11. The number of amides is 1. The van der Waals surface area contributed by atoms with Gasteiger partial charge in [0.1, 0.15) is 0 Å². The first kappa shape index (κ1) is 13.8. The number of hydrogen-bond donors (Lipinski definition) is 2. The minimum atomic E-state index is -0.355. The van der Waals surface area contributed by atoms with Crippen LogP contribution in [-0.4, -0.2) is 38.6 Å². The molecule has 2 aromatic rings. The summed E-state index contributed by atoms with van der Waals surface area (Å²) in [6, 6.07) is 0. The van der Waals surface area contributed by atoms with Crippen LogP contribution in [0.1, 0.15) is 10.6 Å². The van der Waals surface area contributed by atoms with Gasteiger partial charge in [-0.25, -0.2) is 9.50 Å². The summed E-state index contributed by atoms with van der Waals surface area (Å²) in [4.78, 5) is 19.5. The number of rotatable bonds is 3. The number of carbonyl (C=O) groups excluding carboxylic acids is 1. The van der Waals surface area contributed by atoms with Crippen LogP contribution >= 0.6 is 28.3 Å². The molecule has 0 aliphatic carbocycles. The smallest absolute Gasteiger partial charge is 0.291 e. The molecule has 1 amide bonds. The molecule has 2 heterocycles. The van der Waals surface area contributed by atoms with Crippen molar-refractivity contribution in [3.05, 3.63) is 22.7 Å². The molecule has 2 rings (SSSR count). The molecule has 17 heavy (non-hydrogen) atoms. The fourth-order valence-corrected chi connectivity index (χ4v) is 1.42. The van der Waals surface area contributed by atoms with Crippen LogP contribution in [-0.2, 0) is 0 Å². The number of halogens is 2. The lowest BCUT2D eigenvalue weighted by Gasteiger charge is -1.97. The van der Waals surface area contributed by atoms with Crippen molar-refractivity contribution in [2.24, 2.45) is 5.73 Å². The lowest BCUT2D eigenvalue weighted by atomic mass is 10.5. The van der Waals surface area contributed by atoms with E-state index >= 15 is 0 Å². The largest absolute Gasteiger partial charge is 0.348 e. The van der Waals surface area contributed by atoms with E-state index in [1.807, 2.05) is 0 Å². The summed E-state index contributed by atoms with van der Waals surface area (Å²) in [5, 5.41) is 6.57. The van der Waals surface area contributed by atoms with E-state index in [4.69, 9.17) is 5.73 Å². The molecule has 0 aliphatic heterocycles. The van der Waals surface area contributed by atoms with E-state index in [9.17, 15) is 4.79 Å². The van der Waals surface area contributed by atoms with Crippen molar-refractivity contribution in [3.8, 4) is 0 Å². The molecule has 0 spiro atoms. The van der Waals surface area contributed by atoms with E-state index in [0.717, 1.165) is 4.47 Å². The van der Waals surface area contributed by atoms with Gasteiger partial charge in [-0.3, -0.25) is 4.79 Å². The average Bonchev–Trinajstić information content (AvgIpc) is 2.68. The van der Waals surface area contributed by atoms with Gasteiger partial charge in [-0.1, -0.05) is 0 Å². The molecule has 92 valence electrons. The normalized spacial score (nSPS) is 10.0. The summed E-state index contributed by atoms with van der Waals surface area (Å²) in [5.41, 5.74) is 5.27. The highest BCUT2D eigenvalue weighted by molar-refractivity contribution is 9.10. The summed E-state index contributed by atoms with van der Waals surface area (Å²) in [6.45, 7) is 0.772. The van der Waals surface area contributed by atoms with E-state index in [1.54, 1.807) is 12.4 Å². The summed E-state index contributed by atoms with van der Waals surface area (Å²) < 4.78 is 2.19. The average molecular weight is 322 g/mol. The second-order valence-corrected chi connectivity index (χ2v) is 3.91. The molecule has 0 radical (unpaired) electrons. The monoisotopic (exact) mass is 320 g/mol. The van der Waals surface area contributed by atoms with Crippen LogP contribution in [0.3, 0.4) is 0 Å². The van der Waals surface area contributed by atoms with Gasteiger partial charge in [0.05, 0.1) is 4.47 Å². The van der Waals surface area contributed by atoms with Crippen LogP contribution in [0.4, 0.5) is 0 Å². The van der Waals surface area contributed by atoms with Gasteiger partial charge >= 0.3 is 0 Å². The summed E-state index contributed by atoms with van der Waals surface area (Å²) in [6.07, 6.45) is 3.26. The van der Waals surface area contributed by atoms with Gasteiger partial charge in [-0.05, 0) is 15.9 Å². The fourth-order valence-electron chi connectivity index (χ4n) is 1.12. The zero-order valence-electron chi connectivity index (χ0n) is 8.63. The predicted octanol–water partition coefficient (Wildman–Crippen LogP) is -0.00290. The highest BCUT2D eigenvalue weighted by Gasteiger charge is 2.12. The molecule has 0 aromatic carbocycles. The Labute approximate surface area is 111 Å². The number of hydrogen-bond acceptors (Lipinski definition) is 5.